The van der Waals surface area contributed by atoms with Crippen LogP contribution in [-0.2, 0) is 6.54 Å². The van der Waals surface area contributed by atoms with E-state index in [0.717, 1.165) is 5.56 Å². The standard InChI is InChI=1S/C13H18N4O2/c14-7-9-1-3-10(4-2-9)12(18)11-8-16-5-6-17(11)13(15)19/h1-4,11,16H,5-8,14H2,(H2,15,19). The average molecular weight is 262 g/mol. The lowest BCUT2D eigenvalue weighted by atomic mass is 10.0. The van der Waals surface area contributed by atoms with E-state index < -0.39 is 12.1 Å². The highest BCUT2D eigenvalue weighted by Gasteiger charge is 2.31. The van der Waals surface area contributed by atoms with E-state index in [1.165, 1.54) is 4.90 Å². The molecule has 6 nitrogen and oxygen atoms in total. The number of nitrogens with two attached hydrogens (primary N) is 2. The molecule has 6 heteroatoms. The molecule has 19 heavy (non-hydrogen) atoms. The van der Waals surface area contributed by atoms with E-state index in [2.05, 4.69) is 5.32 Å². The highest BCUT2D eigenvalue weighted by molar-refractivity contribution is 6.02. The van der Waals surface area contributed by atoms with Crippen molar-refractivity contribution in [2.45, 2.75) is 12.6 Å². The number of ketones is 1. The van der Waals surface area contributed by atoms with Gasteiger partial charge in [0, 0.05) is 31.7 Å². The molecule has 1 aliphatic heterocycles. The molecule has 1 aliphatic rings. The quantitative estimate of drug-likeness (QED) is 0.650. The lowest BCUT2D eigenvalue weighted by Crippen LogP contribution is -2.58. The number of carbonyl (C=O) groups excluding carboxylic acids is 2. The number of Topliss-reactive ketones (excluding diaryl/α,β-unsaturated/α-hetero) is 1. The van der Waals surface area contributed by atoms with Crippen molar-refractivity contribution in [2.75, 3.05) is 19.6 Å². The molecular weight excluding hydrogens is 244 g/mol. The van der Waals surface area contributed by atoms with Crippen LogP contribution in [0.1, 0.15) is 15.9 Å². The van der Waals surface area contributed by atoms with Crippen LogP contribution in [0.25, 0.3) is 0 Å². The molecule has 0 radical (unpaired) electrons. The Hall–Kier alpha value is -1.92. The van der Waals surface area contributed by atoms with Gasteiger partial charge in [-0.25, -0.2) is 4.79 Å². The Morgan fingerprint density at radius 2 is 2.00 bits per heavy atom. The molecule has 1 atom stereocenters. The molecule has 2 amide bonds. The second-order valence-electron chi connectivity index (χ2n) is 4.52. The van der Waals surface area contributed by atoms with Crippen molar-refractivity contribution in [3.63, 3.8) is 0 Å². The van der Waals surface area contributed by atoms with Crippen LogP contribution in [-0.4, -0.2) is 42.4 Å². The summed E-state index contributed by atoms with van der Waals surface area (Å²) in [6, 6.07) is 6.01. The second kappa shape index (κ2) is 5.81. The summed E-state index contributed by atoms with van der Waals surface area (Å²) in [5.74, 6) is -0.102. The van der Waals surface area contributed by atoms with Crippen molar-refractivity contribution in [3.8, 4) is 0 Å². The van der Waals surface area contributed by atoms with Gasteiger partial charge in [0.2, 0.25) is 0 Å². The van der Waals surface area contributed by atoms with Gasteiger partial charge in [-0.3, -0.25) is 4.79 Å². The van der Waals surface area contributed by atoms with Gasteiger partial charge in [-0.2, -0.15) is 0 Å². The third-order valence-corrected chi connectivity index (χ3v) is 3.30. The van der Waals surface area contributed by atoms with Gasteiger partial charge in [0.15, 0.2) is 5.78 Å². The van der Waals surface area contributed by atoms with Crippen LogP contribution in [0.2, 0.25) is 0 Å². The molecule has 0 saturated carbocycles. The number of rotatable bonds is 3. The minimum atomic E-state index is -0.557. The lowest BCUT2D eigenvalue weighted by Gasteiger charge is -2.33. The minimum Gasteiger partial charge on any atom is -0.351 e. The van der Waals surface area contributed by atoms with Crippen molar-refractivity contribution in [2.24, 2.45) is 11.5 Å². The normalized spacial score (nSPS) is 19.2. The monoisotopic (exact) mass is 262 g/mol. The van der Waals surface area contributed by atoms with Gasteiger partial charge >= 0.3 is 6.03 Å². The topological polar surface area (TPSA) is 101 Å². The maximum absolute atomic E-state index is 12.4. The highest BCUT2D eigenvalue weighted by Crippen LogP contribution is 2.12. The average Bonchev–Trinajstić information content (AvgIpc) is 2.46. The molecule has 1 unspecified atom stereocenters. The van der Waals surface area contributed by atoms with Crippen LogP contribution in [0.5, 0.6) is 0 Å². The van der Waals surface area contributed by atoms with Gasteiger partial charge in [-0.15, -0.1) is 0 Å². The zero-order valence-corrected chi connectivity index (χ0v) is 10.6. The minimum absolute atomic E-state index is 0.102. The van der Waals surface area contributed by atoms with E-state index in [-0.39, 0.29) is 5.78 Å². The predicted octanol–water partition coefficient (Wildman–Crippen LogP) is -0.319. The predicted molar refractivity (Wildman–Crippen MR) is 71.6 cm³/mol. The Labute approximate surface area is 111 Å². The van der Waals surface area contributed by atoms with Crippen LogP contribution in [0.15, 0.2) is 24.3 Å². The molecule has 0 spiro atoms. The molecule has 102 valence electrons. The van der Waals surface area contributed by atoms with Crippen molar-refractivity contribution >= 4 is 11.8 Å². The first kappa shape index (κ1) is 13.5. The van der Waals surface area contributed by atoms with Crippen molar-refractivity contribution in [3.05, 3.63) is 35.4 Å². The summed E-state index contributed by atoms with van der Waals surface area (Å²) in [5.41, 5.74) is 12.4. The largest absolute Gasteiger partial charge is 0.351 e. The van der Waals surface area contributed by atoms with E-state index in [9.17, 15) is 9.59 Å². The number of hydrogen-bond donors (Lipinski definition) is 3. The fourth-order valence-corrected chi connectivity index (χ4v) is 2.20. The molecule has 1 heterocycles. The van der Waals surface area contributed by atoms with Crippen molar-refractivity contribution in [1.29, 1.82) is 0 Å². The smallest absolute Gasteiger partial charge is 0.315 e. The van der Waals surface area contributed by atoms with E-state index in [1.54, 1.807) is 12.1 Å². The van der Waals surface area contributed by atoms with Crippen LogP contribution in [0.3, 0.4) is 0 Å². The fraction of sp³-hybridized carbons (Fsp3) is 0.385. The Balaban J connectivity index is 2.18. The zero-order valence-electron chi connectivity index (χ0n) is 10.6. The Kier molecular flexibility index (Phi) is 4.13. The Morgan fingerprint density at radius 1 is 1.32 bits per heavy atom. The number of nitrogens with one attached hydrogen (secondary N) is 1. The summed E-state index contributed by atoms with van der Waals surface area (Å²) < 4.78 is 0. The number of primary amides is 1. The molecule has 5 N–H and O–H groups in total. The van der Waals surface area contributed by atoms with Gasteiger partial charge in [-0.05, 0) is 5.56 Å². The van der Waals surface area contributed by atoms with E-state index in [4.69, 9.17) is 11.5 Å². The van der Waals surface area contributed by atoms with Crippen LogP contribution in [0.4, 0.5) is 4.79 Å². The van der Waals surface area contributed by atoms with E-state index in [0.29, 0.717) is 31.7 Å². The molecule has 1 saturated heterocycles. The van der Waals surface area contributed by atoms with Gasteiger partial charge in [-0.1, -0.05) is 24.3 Å². The fourth-order valence-electron chi connectivity index (χ4n) is 2.20. The molecule has 0 aromatic heterocycles. The van der Waals surface area contributed by atoms with Gasteiger partial charge in [0.25, 0.3) is 0 Å². The number of benzene rings is 1. The number of hydrogen-bond acceptors (Lipinski definition) is 4. The molecule has 1 aromatic rings. The molecule has 2 rings (SSSR count). The maximum Gasteiger partial charge on any atom is 0.315 e. The zero-order chi connectivity index (χ0) is 13.8. The number of urea groups is 1. The van der Waals surface area contributed by atoms with Crippen molar-refractivity contribution < 1.29 is 9.59 Å². The number of carbonyl (C=O) groups is 2. The number of nitrogens with zero attached hydrogens (tertiary/aromatic N) is 1. The Bertz CT molecular complexity index is 472. The molecule has 1 fully saturated rings. The molecule has 0 bridgehead atoms. The van der Waals surface area contributed by atoms with Gasteiger partial charge < -0.3 is 21.7 Å². The van der Waals surface area contributed by atoms with Crippen molar-refractivity contribution in [1.82, 2.24) is 10.2 Å². The van der Waals surface area contributed by atoms with Crippen LogP contribution < -0.4 is 16.8 Å². The molecule has 0 aliphatic carbocycles. The highest BCUT2D eigenvalue weighted by atomic mass is 16.2. The summed E-state index contributed by atoms with van der Waals surface area (Å²) >= 11 is 0. The summed E-state index contributed by atoms with van der Waals surface area (Å²) in [7, 11) is 0. The number of piperazine rings is 1. The summed E-state index contributed by atoms with van der Waals surface area (Å²) in [5, 5.41) is 3.10. The molecular formula is C13H18N4O2. The SMILES string of the molecule is NCc1ccc(C(=O)C2CNCCN2C(N)=O)cc1. The third-order valence-electron chi connectivity index (χ3n) is 3.30. The number of amides is 2. The van der Waals surface area contributed by atoms with Gasteiger partial charge in [0.05, 0.1) is 0 Å². The Morgan fingerprint density at radius 3 is 2.58 bits per heavy atom. The first-order valence-corrected chi connectivity index (χ1v) is 6.23. The third kappa shape index (κ3) is 2.91. The summed E-state index contributed by atoms with van der Waals surface area (Å²) in [4.78, 5) is 25.2. The summed E-state index contributed by atoms with van der Waals surface area (Å²) in [6.45, 7) is 1.97. The molecule has 1 aromatic carbocycles. The van der Waals surface area contributed by atoms with Crippen LogP contribution >= 0.6 is 0 Å². The van der Waals surface area contributed by atoms with Gasteiger partial charge in [0.1, 0.15) is 6.04 Å². The first-order valence-electron chi connectivity index (χ1n) is 6.23. The second-order valence-corrected chi connectivity index (χ2v) is 4.52. The summed E-state index contributed by atoms with van der Waals surface area (Å²) in [6.07, 6.45) is 0. The lowest BCUT2D eigenvalue weighted by molar-refractivity contribution is 0.0825. The first-order chi connectivity index (χ1) is 9.13. The van der Waals surface area contributed by atoms with E-state index >= 15 is 0 Å². The van der Waals surface area contributed by atoms with Crippen LogP contribution in [0, 0.1) is 0 Å². The maximum atomic E-state index is 12.4. The van der Waals surface area contributed by atoms with E-state index in [1.807, 2.05) is 12.1 Å².